The SMILES string of the molecule is COc1ccc([Si](C)(C)[C@@H]2[C@@H](CC(=O)N3Cc4ccccc4C[C@H]3CO)O[C@]3(C(=O)N(Cc4ccc(NC(=O)c5ccc(N)cc5)cc4)c4ccccc43)[C@H]2C)cc1. The summed E-state index contributed by atoms with van der Waals surface area (Å²) in [6, 6.07) is 38.0. The number of rotatable bonds is 10. The molecule has 1 saturated heterocycles. The molecule has 0 aliphatic carbocycles. The molecule has 5 atom stereocenters. The van der Waals surface area contributed by atoms with Crippen molar-refractivity contribution in [3.05, 3.63) is 149 Å². The monoisotopic (exact) mass is 794 g/mol. The lowest BCUT2D eigenvalue weighted by Crippen LogP contribution is -2.52. The van der Waals surface area contributed by atoms with Crippen molar-refractivity contribution >= 4 is 48.0 Å². The Labute approximate surface area is 340 Å². The minimum atomic E-state index is -2.51. The first-order chi connectivity index (χ1) is 27.9. The van der Waals surface area contributed by atoms with Gasteiger partial charge in [0.05, 0.1) is 52.6 Å². The molecule has 11 heteroatoms. The van der Waals surface area contributed by atoms with Gasteiger partial charge in [-0.2, -0.15) is 0 Å². The third-order valence-electron chi connectivity index (χ3n) is 12.7. The minimum absolute atomic E-state index is 0.0843. The second-order valence-electron chi connectivity index (χ2n) is 16.4. The van der Waals surface area contributed by atoms with Crippen LogP contribution in [0.3, 0.4) is 0 Å². The summed E-state index contributed by atoms with van der Waals surface area (Å²) in [5.74, 6) is -0.00513. The fourth-order valence-corrected chi connectivity index (χ4v) is 13.7. The zero-order valence-electron chi connectivity index (χ0n) is 33.4. The molecule has 8 rings (SSSR count). The van der Waals surface area contributed by atoms with E-state index in [9.17, 15) is 14.7 Å². The van der Waals surface area contributed by atoms with Crippen molar-refractivity contribution in [2.75, 3.05) is 29.7 Å². The largest absolute Gasteiger partial charge is 0.497 e. The number of nitrogens with one attached hydrogen (secondary N) is 1. The summed E-state index contributed by atoms with van der Waals surface area (Å²) < 4.78 is 12.8. The van der Waals surface area contributed by atoms with Crippen LogP contribution in [0.1, 0.15) is 46.0 Å². The standard InChI is InChI=1S/C47H50N4O6Si/c1-30-44(58(3,4)39-23-21-38(56-2)22-24-39)42(26-43(53)50-28-34-10-6-5-9-33(34)25-37(50)29-52)57-47(30)40-11-7-8-12-41(40)51(46(47)55)27-31-13-19-36(20-14-31)49-45(54)32-15-17-35(48)18-16-32/h5-24,30,37,42,44,52H,25-29,48H2,1-4H3,(H,49,54)/t30-,37-,42+,44-,47+/m0/s1. The quantitative estimate of drug-likeness (QED) is 0.107. The lowest BCUT2D eigenvalue weighted by molar-refractivity contribution is -0.151. The molecule has 1 fully saturated rings. The van der Waals surface area contributed by atoms with Gasteiger partial charge in [-0.3, -0.25) is 14.4 Å². The fraction of sp³-hybridized carbons (Fsp3) is 0.298. The molecule has 3 aliphatic rings. The highest BCUT2D eigenvalue weighted by Gasteiger charge is 2.66. The van der Waals surface area contributed by atoms with Crippen LogP contribution in [-0.4, -0.2) is 61.7 Å². The minimum Gasteiger partial charge on any atom is -0.497 e. The second-order valence-corrected chi connectivity index (χ2v) is 21.1. The molecule has 0 bridgehead atoms. The zero-order valence-corrected chi connectivity index (χ0v) is 34.4. The number of hydrogen-bond donors (Lipinski definition) is 3. The summed E-state index contributed by atoms with van der Waals surface area (Å²) in [6.45, 7) is 7.30. The van der Waals surface area contributed by atoms with Crippen LogP contribution in [0.25, 0.3) is 0 Å². The van der Waals surface area contributed by atoms with Crippen LogP contribution in [0.15, 0.2) is 121 Å². The summed E-state index contributed by atoms with van der Waals surface area (Å²) in [5.41, 5.74) is 10.7. The predicted octanol–water partition coefficient (Wildman–Crippen LogP) is 6.63. The van der Waals surface area contributed by atoms with Gasteiger partial charge in [0, 0.05) is 35.0 Å². The molecule has 0 saturated carbocycles. The Morgan fingerprint density at radius 3 is 2.28 bits per heavy atom. The topological polar surface area (TPSA) is 134 Å². The molecule has 3 aliphatic heterocycles. The van der Waals surface area contributed by atoms with Gasteiger partial charge < -0.3 is 35.4 Å². The van der Waals surface area contributed by atoms with Crippen molar-refractivity contribution in [3.63, 3.8) is 0 Å². The molecule has 58 heavy (non-hydrogen) atoms. The van der Waals surface area contributed by atoms with Gasteiger partial charge in [0.2, 0.25) is 5.91 Å². The molecular formula is C47H50N4O6Si. The normalized spacial score (nSPS) is 22.5. The Hall–Kier alpha value is -5.75. The van der Waals surface area contributed by atoms with Crippen LogP contribution in [0.2, 0.25) is 18.6 Å². The smallest absolute Gasteiger partial charge is 0.264 e. The van der Waals surface area contributed by atoms with Gasteiger partial charge in [-0.1, -0.05) is 91.9 Å². The van der Waals surface area contributed by atoms with Crippen molar-refractivity contribution in [1.29, 1.82) is 0 Å². The van der Waals surface area contributed by atoms with Gasteiger partial charge in [-0.25, -0.2) is 0 Å². The Kier molecular flexibility index (Phi) is 10.5. The molecule has 10 nitrogen and oxygen atoms in total. The molecule has 5 aromatic rings. The van der Waals surface area contributed by atoms with Gasteiger partial charge in [0.25, 0.3) is 11.8 Å². The summed E-state index contributed by atoms with van der Waals surface area (Å²) in [6.07, 6.45) is 0.0982. The molecule has 0 aromatic heterocycles. The first kappa shape index (κ1) is 39.1. The number of benzene rings is 5. The Bertz CT molecular complexity index is 2330. The number of fused-ring (bicyclic) bond motifs is 3. The van der Waals surface area contributed by atoms with E-state index >= 15 is 4.79 Å². The van der Waals surface area contributed by atoms with Gasteiger partial charge >= 0.3 is 0 Å². The number of methoxy groups -OCH3 is 1. The number of ether oxygens (including phenoxy) is 2. The van der Waals surface area contributed by atoms with Crippen LogP contribution in [-0.2, 0) is 39.4 Å². The number of amides is 3. The van der Waals surface area contributed by atoms with Crippen molar-refractivity contribution in [2.45, 2.75) is 69.2 Å². The summed E-state index contributed by atoms with van der Waals surface area (Å²) >= 11 is 0. The number of hydrogen-bond acceptors (Lipinski definition) is 7. The molecular weight excluding hydrogens is 745 g/mol. The van der Waals surface area contributed by atoms with Gasteiger partial charge in [0.1, 0.15) is 5.75 Å². The van der Waals surface area contributed by atoms with Crippen LogP contribution < -0.4 is 25.9 Å². The molecule has 298 valence electrons. The Balaban J connectivity index is 1.11. The van der Waals surface area contributed by atoms with Gasteiger partial charge in [-0.15, -0.1) is 0 Å². The van der Waals surface area contributed by atoms with E-state index in [1.807, 2.05) is 78.9 Å². The molecule has 3 amide bonds. The van der Waals surface area contributed by atoms with Crippen LogP contribution >= 0.6 is 0 Å². The lowest BCUT2D eigenvalue weighted by Gasteiger charge is -2.39. The van der Waals surface area contributed by atoms with Crippen LogP contribution in [0.4, 0.5) is 17.1 Å². The third-order valence-corrected chi connectivity index (χ3v) is 17.1. The maximum absolute atomic E-state index is 15.3. The number of aliphatic hydroxyl groups excluding tert-OH is 1. The first-order valence-corrected chi connectivity index (χ1v) is 23.0. The first-order valence-electron chi connectivity index (χ1n) is 19.9. The number of para-hydroxylation sites is 1. The van der Waals surface area contributed by atoms with Crippen LogP contribution in [0.5, 0.6) is 5.75 Å². The molecule has 0 unspecified atom stereocenters. The average molecular weight is 795 g/mol. The number of carbonyl (C=O) groups is 3. The number of anilines is 3. The second kappa shape index (κ2) is 15.5. The molecule has 5 aromatic carbocycles. The van der Waals surface area contributed by atoms with E-state index in [1.165, 1.54) is 5.19 Å². The summed E-state index contributed by atoms with van der Waals surface area (Å²) in [7, 11) is -0.856. The molecule has 0 radical (unpaired) electrons. The van der Waals surface area contributed by atoms with Crippen molar-refractivity contribution < 1.29 is 29.0 Å². The molecule has 3 heterocycles. The maximum Gasteiger partial charge on any atom is 0.264 e. The fourth-order valence-electron chi connectivity index (χ4n) is 9.67. The highest BCUT2D eigenvalue weighted by molar-refractivity contribution is 6.91. The number of nitrogens with two attached hydrogens (primary N) is 1. The summed E-state index contributed by atoms with van der Waals surface area (Å²) in [4.78, 5) is 46.3. The Morgan fingerprint density at radius 1 is 0.914 bits per heavy atom. The lowest BCUT2D eigenvalue weighted by atomic mass is 9.82. The maximum atomic E-state index is 15.3. The average Bonchev–Trinajstić information content (AvgIpc) is 3.66. The predicted molar refractivity (Wildman–Crippen MR) is 229 cm³/mol. The highest BCUT2D eigenvalue weighted by Crippen LogP contribution is 2.60. The van der Waals surface area contributed by atoms with Crippen molar-refractivity contribution in [2.24, 2.45) is 5.92 Å². The van der Waals surface area contributed by atoms with Crippen LogP contribution in [0, 0.1) is 5.92 Å². The third kappa shape index (κ3) is 6.86. The van der Waals surface area contributed by atoms with E-state index in [-0.39, 0.29) is 48.3 Å². The van der Waals surface area contributed by atoms with Gasteiger partial charge in [-0.05, 0) is 83.2 Å². The van der Waals surface area contributed by atoms with Crippen molar-refractivity contribution in [1.82, 2.24) is 4.90 Å². The van der Waals surface area contributed by atoms with Gasteiger partial charge in [0.15, 0.2) is 5.60 Å². The number of carbonyl (C=O) groups excluding carboxylic acids is 3. The van der Waals surface area contributed by atoms with E-state index in [0.29, 0.717) is 36.4 Å². The van der Waals surface area contributed by atoms with E-state index in [0.717, 1.165) is 33.7 Å². The van der Waals surface area contributed by atoms with E-state index in [4.69, 9.17) is 15.2 Å². The highest BCUT2D eigenvalue weighted by atomic mass is 28.3. The van der Waals surface area contributed by atoms with E-state index in [2.05, 4.69) is 43.5 Å². The van der Waals surface area contributed by atoms with Crippen molar-refractivity contribution in [3.8, 4) is 5.75 Å². The Morgan fingerprint density at radius 2 is 1.59 bits per heavy atom. The van der Waals surface area contributed by atoms with E-state index < -0.39 is 19.8 Å². The number of aliphatic hydroxyl groups is 1. The molecule has 1 spiro atoms. The zero-order chi connectivity index (χ0) is 40.8. The van der Waals surface area contributed by atoms with E-state index in [1.54, 1.807) is 41.2 Å². The number of nitrogen functional groups attached to an aromatic ring is 1. The summed E-state index contributed by atoms with van der Waals surface area (Å²) in [5, 5.41) is 14.6. The molecule has 4 N–H and O–H groups in total. The number of nitrogens with zero attached hydrogens (tertiary/aromatic N) is 2.